The zero-order valence-electron chi connectivity index (χ0n) is 5.61. The van der Waals surface area contributed by atoms with E-state index in [-0.39, 0.29) is 0 Å². The van der Waals surface area contributed by atoms with Crippen LogP contribution in [-0.2, 0) is 4.74 Å². The first-order chi connectivity index (χ1) is 4.43. The van der Waals surface area contributed by atoms with Gasteiger partial charge in [0.1, 0.15) is 0 Å². The Labute approximate surface area is 61.3 Å². The molecule has 9 heavy (non-hydrogen) atoms. The van der Waals surface area contributed by atoms with Crippen LogP contribution < -0.4 is 0 Å². The zero-order valence-corrected chi connectivity index (χ0v) is 6.36. The first-order valence-electron chi connectivity index (χ1n) is 3.61. The summed E-state index contributed by atoms with van der Waals surface area (Å²) in [5.74, 6) is 0.778. The lowest BCUT2D eigenvalue weighted by Crippen LogP contribution is -2.03. The molecule has 0 bridgehead atoms. The van der Waals surface area contributed by atoms with E-state index >= 15 is 0 Å². The molecule has 1 nitrogen and oxygen atoms in total. The lowest BCUT2D eigenvalue weighted by Gasteiger charge is -2.05. The maximum absolute atomic E-state index is 5.52. The molecule has 0 aromatic heterocycles. The molecule has 0 unspecified atom stereocenters. The van der Waals surface area contributed by atoms with Crippen LogP contribution in [0.25, 0.3) is 0 Å². The van der Waals surface area contributed by atoms with Gasteiger partial charge >= 0.3 is 0 Å². The fourth-order valence-corrected chi connectivity index (χ4v) is 1.33. The summed E-state index contributed by atoms with van der Waals surface area (Å²) < 4.78 is 5.40. The van der Waals surface area contributed by atoms with E-state index in [1.165, 1.54) is 12.8 Å². The van der Waals surface area contributed by atoms with Crippen molar-refractivity contribution in [3.63, 3.8) is 0 Å². The Morgan fingerprint density at radius 3 is 3.00 bits per heavy atom. The third kappa shape index (κ3) is 2.55. The summed E-state index contributed by atoms with van der Waals surface area (Å²) in [6, 6.07) is 0. The summed E-state index contributed by atoms with van der Waals surface area (Å²) in [5, 5.41) is 0. The van der Waals surface area contributed by atoms with Gasteiger partial charge in [-0.2, -0.15) is 0 Å². The number of ether oxygens (including phenoxy) is 1. The number of halogens is 1. The van der Waals surface area contributed by atoms with E-state index < -0.39 is 0 Å². The summed E-state index contributed by atoms with van der Waals surface area (Å²) in [5.41, 5.74) is 0. The van der Waals surface area contributed by atoms with Gasteiger partial charge in [0, 0.05) is 12.5 Å². The second-order valence-electron chi connectivity index (χ2n) is 2.47. The van der Waals surface area contributed by atoms with Crippen LogP contribution in [0.5, 0.6) is 0 Å². The van der Waals surface area contributed by atoms with Gasteiger partial charge in [0.2, 0.25) is 0 Å². The average Bonchev–Trinajstić information content (AvgIpc) is 2.34. The van der Waals surface area contributed by atoms with Crippen LogP contribution in [0.4, 0.5) is 0 Å². The van der Waals surface area contributed by atoms with E-state index in [2.05, 4.69) is 0 Å². The van der Waals surface area contributed by atoms with Crippen molar-refractivity contribution < 1.29 is 4.74 Å². The quantitative estimate of drug-likeness (QED) is 0.558. The topological polar surface area (TPSA) is 9.23 Å². The minimum absolute atomic E-state index is 0.531. The second-order valence-corrected chi connectivity index (χ2v) is 2.84. The Balaban J connectivity index is 1.98. The number of hydrogen-bond donors (Lipinski definition) is 0. The van der Waals surface area contributed by atoms with Gasteiger partial charge in [0.15, 0.2) is 0 Å². The number of rotatable bonds is 3. The van der Waals surface area contributed by atoms with E-state index in [1.54, 1.807) is 0 Å². The van der Waals surface area contributed by atoms with Crippen molar-refractivity contribution in [2.45, 2.75) is 31.8 Å². The van der Waals surface area contributed by atoms with Gasteiger partial charge in [0.05, 0.1) is 6.10 Å². The fraction of sp³-hybridized carbons (Fsp3) is 1.00. The van der Waals surface area contributed by atoms with Crippen molar-refractivity contribution in [3.05, 3.63) is 0 Å². The zero-order chi connectivity index (χ0) is 6.53. The first kappa shape index (κ1) is 7.36. The molecule has 1 aliphatic rings. The molecule has 1 rings (SSSR count). The molecular formula is C7H13ClO. The number of alkyl halides is 1. The van der Waals surface area contributed by atoms with Crippen LogP contribution in [0.3, 0.4) is 0 Å². The normalized spacial score (nSPS) is 27.0. The minimum atomic E-state index is 0.531. The van der Waals surface area contributed by atoms with Crippen LogP contribution in [0, 0.1) is 0 Å². The van der Waals surface area contributed by atoms with E-state index in [9.17, 15) is 0 Å². The highest BCUT2D eigenvalue weighted by molar-refractivity contribution is 6.17. The van der Waals surface area contributed by atoms with Crippen molar-refractivity contribution in [2.75, 3.05) is 12.5 Å². The van der Waals surface area contributed by atoms with Gasteiger partial charge < -0.3 is 4.74 Å². The molecule has 1 heterocycles. The van der Waals surface area contributed by atoms with Crippen molar-refractivity contribution in [3.8, 4) is 0 Å². The van der Waals surface area contributed by atoms with Crippen molar-refractivity contribution in [1.29, 1.82) is 0 Å². The monoisotopic (exact) mass is 148 g/mol. The molecular weight excluding hydrogens is 136 g/mol. The van der Waals surface area contributed by atoms with Crippen LogP contribution in [0.2, 0.25) is 0 Å². The van der Waals surface area contributed by atoms with Crippen molar-refractivity contribution >= 4 is 11.6 Å². The van der Waals surface area contributed by atoms with Crippen LogP contribution in [0.1, 0.15) is 25.7 Å². The first-order valence-corrected chi connectivity index (χ1v) is 4.14. The molecule has 0 saturated carbocycles. The SMILES string of the molecule is ClCCC[C@@H]1CCCO1. The fourth-order valence-electron chi connectivity index (χ4n) is 1.18. The van der Waals surface area contributed by atoms with Crippen molar-refractivity contribution in [2.24, 2.45) is 0 Å². The molecule has 0 N–H and O–H groups in total. The largest absolute Gasteiger partial charge is 0.378 e. The predicted octanol–water partition coefficient (Wildman–Crippen LogP) is 2.18. The van der Waals surface area contributed by atoms with Gasteiger partial charge in [-0.05, 0) is 25.7 Å². The lowest BCUT2D eigenvalue weighted by atomic mass is 10.1. The Bertz CT molecular complexity index is 69.3. The van der Waals surface area contributed by atoms with Gasteiger partial charge in [-0.15, -0.1) is 11.6 Å². The van der Waals surface area contributed by atoms with E-state index in [4.69, 9.17) is 16.3 Å². The van der Waals surface area contributed by atoms with Gasteiger partial charge in [-0.3, -0.25) is 0 Å². The molecule has 0 amide bonds. The van der Waals surface area contributed by atoms with Crippen molar-refractivity contribution in [1.82, 2.24) is 0 Å². The highest BCUT2D eigenvalue weighted by Crippen LogP contribution is 2.16. The Morgan fingerprint density at radius 2 is 2.44 bits per heavy atom. The van der Waals surface area contributed by atoms with Gasteiger partial charge in [-0.25, -0.2) is 0 Å². The summed E-state index contributed by atoms with van der Waals surface area (Å²) in [7, 11) is 0. The van der Waals surface area contributed by atoms with Gasteiger partial charge in [0.25, 0.3) is 0 Å². The predicted molar refractivity (Wildman–Crippen MR) is 38.9 cm³/mol. The maximum atomic E-state index is 5.52. The smallest absolute Gasteiger partial charge is 0.0576 e. The van der Waals surface area contributed by atoms with Crippen LogP contribution in [0.15, 0.2) is 0 Å². The summed E-state index contributed by atoms with van der Waals surface area (Å²) in [6.45, 7) is 0.965. The molecule has 1 fully saturated rings. The third-order valence-electron chi connectivity index (χ3n) is 1.68. The van der Waals surface area contributed by atoms with Crippen LogP contribution in [-0.4, -0.2) is 18.6 Å². The van der Waals surface area contributed by atoms with Gasteiger partial charge in [-0.1, -0.05) is 0 Å². The maximum Gasteiger partial charge on any atom is 0.0576 e. The molecule has 0 radical (unpaired) electrons. The summed E-state index contributed by atoms with van der Waals surface area (Å²) >= 11 is 5.52. The number of hydrogen-bond acceptors (Lipinski definition) is 1. The van der Waals surface area contributed by atoms with E-state index in [0.29, 0.717) is 6.10 Å². The molecule has 1 saturated heterocycles. The molecule has 0 aliphatic carbocycles. The third-order valence-corrected chi connectivity index (χ3v) is 1.95. The molecule has 0 aromatic rings. The van der Waals surface area contributed by atoms with Crippen LogP contribution >= 0.6 is 11.6 Å². The molecule has 54 valence electrons. The minimum Gasteiger partial charge on any atom is -0.378 e. The second kappa shape index (κ2) is 4.13. The Kier molecular flexibility index (Phi) is 3.37. The summed E-state index contributed by atoms with van der Waals surface area (Å²) in [6.07, 6.45) is 5.28. The molecule has 0 spiro atoms. The standard InChI is InChI=1S/C7H13ClO/c8-5-1-3-7-4-2-6-9-7/h7H,1-6H2/t7-/m1/s1. The Morgan fingerprint density at radius 1 is 1.56 bits per heavy atom. The highest BCUT2D eigenvalue weighted by Gasteiger charge is 2.13. The van der Waals surface area contributed by atoms with E-state index in [1.807, 2.05) is 0 Å². The Hall–Kier alpha value is 0.250. The molecule has 0 aromatic carbocycles. The van der Waals surface area contributed by atoms with E-state index in [0.717, 1.165) is 25.3 Å². The molecule has 2 heteroatoms. The summed E-state index contributed by atoms with van der Waals surface area (Å²) in [4.78, 5) is 0. The lowest BCUT2D eigenvalue weighted by molar-refractivity contribution is 0.104. The molecule has 1 atom stereocenters. The molecule has 1 aliphatic heterocycles. The average molecular weight is 149 g/mol. The highest BCUT2D eigenvalue weighted by atomic mass is 35.5.